The number of anilines is 1. The van der Waals surface area contributed by atoms with Crippen molar-refractivity contribution in [3.63, 3.8) is 0 Å². The van der Waals surface area contributed by atoms with E-state index in [1.807, 2.05) is 12.1 Å². The highest BCUT2D eigenvalue weighted by atomic mass is 15.2. The van der Waals surface area contributed by atoms with E-state index in [9.17, 15) is 5.26 Å². The van der Waals surface area contributed by atoms with Gasteiger partial charge in [0, 0.05) is 18.1 Å². The fraction of sp³-hybridized carbons (Fsp3) is 0.588. The molecule has 0 aliphatic carbocycles. The van der Waals surface area contributed by atoms with Gasteiger partial charge in [0.05, 0.1) is 11.3 Å². The van der Waals surface area contributed by atoms with E-state index >= 15 is 0 Å². The Bertz CT molecular complexity index is 491. The van der Waals surface area contributed by atoms with Gasteiger partial charge in [-0.15, -0.1) is 0 Å². The Morgan fingerprint density at radius 3 is 2.60 bits per heavy atom. The summed E-state index contributed by atoms with van der Waals surface area (Å²) >= 11 is 0. The normalized spacial score (nSPS) is 28.4. The molecule has 3 heteroatoms. The van der Waals surface area contributed by atoms with Gasteiger partial charge in [0.1, 0.15) is 6.07 Å². The number of nitrogens with one attached hydrogen (secondary N) is 1. The lowest BCUT2D eigenvalue weighted by molar-refractivity contribution is 0.356. The molecule has 1 N–H and O–H groups in total. The molecule has 2 aliphatic rings. The van der Waals surface area contributed by atoms with Crippen molar-refractivity contribution in [2.75, 3.05) is 11.4 Å². The zero-order valence-corrected chi connectivity index (χ0v) is 12.2. The van der Waals surface area contributed by atoms with Crippen LogP contribution in [0.25, 0.3) is 0 Å². The van der Waals surface area contributed by atoms with Gasteiger partial charge in [0.2, 0.25) is 0 Å². The molecular weight excluding hydrogens is 246 g/mol. The quantitative estimate of drug-likeness (QED) is 0.913. The SMILES string of the molecule is CCCNC1CC2CCC(C1)N2c1ccccc1C#N. The smallest absolute Gasteiger partial charge is 0.101 e. The lowest BCUT2D eigenvalue weighted by Crippen LogP contribution is -2.49. The van der Waals surface area contributed by atoms with Crippen LogP contribution in [0.1, 0.15) is 44.6 Å². The zero-order chi connectivity index (χ0) is 13.9. The molecule has 0 aromatic heterocycles. The molecular formula is C17H23N3. The number of nitrogens with zero attached hydrogens (tertiary/aromatic N) is 2. The highest BCUT2D eigenvalue weighted by molar-refractivity contribution is 5.61. The van der Waals surface area contributed by atoms with Crippen molar-refractivity contribution in [1.29, 1.82) is 5.26 Å². The third-order valence-corrected chi connectivity index (χ3v) is 4.72. The molecule has 20 heavy (non-hydrogen) atoms. The Balaban J connectivity index is 1.79. The average molecular weight is 269 g/mol. The number of piperidine rings is 1. The summed E-state index contributed by atoms with van der Waals surface area (Å²) in [6, 6.07) is 12.3. The van der Waals surface area contributed by atoms with E-state index in [-0.39, 0.29) is 0 Å². The molecule has 2 unspecified atom stereocenters. The van der Waals surface area contributed by atoms with Gasteiger partial charge in [0.15, 0.2) is 0 Å². The van der Waals surface area contributed by atoms with Gasteiger partial charge in [-0.3, -0.25) is 0 Å². The third kappa shape index (κ3) is 2.41. The molecule has 0 radical (unpaired) electrons. The monoisotopic (exact) mass is 269 g/mol. The first-order valence-corrected chi connectivity index (χ1v) is 7.84. The maximum absolute atomic E-state index is 9.32. The molecule has 106 valence electrons. The van der Waals surface area contributed by atoms with E-state index in [2.05, 4.69) is 35.3 Å². The Hall–Kier alpha value is -1.53. The van der Waals surface area contributed by atoms with Gasteiger partial charge >= 0.3 is 0 Å². The van der Waals surface area contributed by atoms with Crippen LogP contribution in [-0.2, 0) is 0 Å². The minimum atomic E-state index is 0.609. The second kappa shape index (κ2) is 5.85. The van der Waals surface area contributed by atoms with Crippen molar-refractivity contribution in [2.45, 2.75) is 57.2 Å². The van der Waals surface area contributed by atoms with E-state index in [4.69, 9.17) is 0 Å². The van der Waals surface area contributed by atoms with Crippen molar-refractivity contribution in [2.24, 2.45) is 0 Å². The van der Waals surface area contributed by atoms with Crippen molar-refractivity contribution in [3.8, 4) is 6.07 Å². The summed E-state index contributed by atoms with van der Waals surface area (Å²) in [5.74, 6) is 0. The van der Waals surface area contributed by atoms with Gasteiger partial charge in [-0.05, 0) is 50.8 Å². The van der Waals surface area contributed by atoms with Crippen LogP contribution < -0.4 is 10.2 Å². The molecule has 0 saturated carbocycles. The van der Waals surface area contributed by atoms with E-state index in [1.54, 1.807) is 0 Å². The molecule has 0 spiro atoms. The molecule has 0 amide bonds. The number of benzene rings is 1. The maximum atomic E-state index is 9.32. The topological polar surface area (TPSA) is 39.1 Å². The van der Waals surface area contributed by atoms with Gasteiger partial charge in [0.25, 0.3) is 0 Å². The number of fused-ring (bicyclic) bond motifs is 2. The predicted octanol–water partition coefficient (Wildman–Crippen LogP) is 3.06. The lowest BCUT2D eigenvalue weighted by Gasteiger charge is -2.41. The fourth-order valence-electron chi connectivity index (χ4n) is 3.88. The van der Waals surface area contributed by atoms with Crippen LogP contribution in [0.3, 0.4) is 0 Å². The van der Waals surface area contributed by atoms with Gasteiger partial charge in [-0.1, -0.05) is 19.1 Å². The first-order chi connectivity index (χ1) is 9.83. The molecule has 2 heterocycles. The summed E-state index contributed by atoms with van der Waals surface area (Å²) in [6.07, 6.45) is 6.18. The van der Waals surface area contributed by atoms with Crippen molar-refractivity contribution < 1.29 is 0 Å². The second-order valence-electron chi connectivity index (χ2n) is 6.04. The molecule has 2 saturated heterocycles. The van der Waals surface area contributed by atoms with Crippen LogP contribution in [0.5, 0.6) is 0 Å². The first kappa shape index (κ1) is 13.5. The number of rotatable bonds is 4. The fourth-order valence-corrected chi connectivity index (χ4v) is 3.88. The molecule has 3 rings (SSSR count). The Labute approximate surface area is 121 Å². The van der Waals surface area contributed by atoms with Gasteiger partial charge < -0.3 is 10.2 Å². The Kier molecular flexibility index (Phi) is 3.93. The van der Waals surface area contributed by atoms with E-state index in [1.165, 1.54) is 32.1 Å². The van der Waals surface area contributed by atoms with Crippen LogP contribution in [0.15, 0.2) is 24.3 Å². The Morgan fingerprint density at radius 2 is 1.95 bits per heavy atom. The number of para-hydroxylation sites is 1. The molecule has 1 aromatic carbocycles. The van der Waals surface area contributed by atoms with E-state index in [0.717, 1.165) is 17.8 Å². The highest BCUT2D eigenvalue weighted by Crippen LogP contribution is 2.40. The maximum Gasteiger partial charge on any atom is 0.101 e. The predicted molar refractivity (Wildman–Crippen MR) is 81.8 cm³/mol. The average Bonchev–Trinajstić information content (AvgIpc) is 2.75. The minimum Gasteiger partial charge on any atom is -0.364 e. The van der Waals surface area contributed by atoms with Gasteiger partial charge in [-0.25, -0.2) is 0 Å². The summed E-state index contributed by atoms with van der Waals surface area (Å²) in [5, 5.41) is 13.0. The standard InChI is InChI=1S/C17H23N3/c1-2-9-19-14-10-15-7-8-16(11-14)20(15)17-6-4-3-5-13(17)12-18/h3-6,14-16,19H,2,7-11H2,1H3. The number of nitriles is 1. The van der Waals surface area contributed by atoms with Crippen LogP contribution in [0.4, 0.5) is 5.69 Å². The van der Waals surface area contributed by atoms with Crippen molar-refractivity contribution in [3.05, 3.63) is 29.8 Å². The summed E-state index contributed by atoms with van der Waals surface area (Å²) < 4.78 is 0. The zero-order valence-electron chi connectivity index (χ0n) is 12.2. The second-order valence-corrected chi connectivity index (χ2v) is 6.04. The van der Waals surface area contributed by atoms with E-state index < -0.39 is 0 Å². The van der Waals surface area contributed by atoms with E-state index in [0.29, 0.717) is 18.1 Å². The van der Waals surface area contributed by atoms with Crippen LogP contribution in [0, 0.1) is 11.3 Å². The van der Waals surface area contributed by atoms with Crippen molar-refractivity contribution in [1.82, 2.24) is 5.32 Å². The van der Waals surface area contributed by atoms with Crippen LogP contribution >= 0.6 is 0 Å². The molecule has 1 aromatic rings. The molecule has 2 fully saturated rings. The highest BCUT2D eigenvalue weighted by Gasteiger charge is 2.41. The summed E-state index contributed by atoms with van der Waals surface area (Å²) in [7, 11) is 0. The van der Waals surface area contributed by atoms with Gasteiger partial charge in [-0.2, -0.15) is 5.26 Å². The lowest BCUT2D eigenvalue weighted by atomic mass is 9.95. The molecule has 3 nitrogen and oxygen atoms in total. The Morgan fingerprint density at radius 1 is 1.25 bits per heavy atom. The van der Waals surface area contributed by atoms with Crippen LogP contribution in [0.2, 0.25) is 0 Å². The van der Waals surface area contributed by atoms with Crippen LogP contribution in [-0.4, -0.2) is 24.7 Å². The summed E-state index contributed by atoms with van der Waals surface area (Å²) in [4.78, 5) is 2.53. The third-order valence-electron chi connectivity index (χ3n) is 4.72. The van der Waals surface area contributed by atoms with Crippen molar-refractivity contribution >= 4 is 5.69 Å². The number of hydrogen-bond donors (Lipinski definition) is 1. The largest absolute Gasteiger partial charge is 0.364 e. The minimum absolute atomic E-state index is 0.609. The summed E-state index contributed by atoms with van der Waals surface area (Å²) in [6.45, 7) is 3.35. The summed E-state index contributed by atoms with van der Waals surface area (Å²) in [5.41, 5.74) is 1.97. The number of hydrogen-bond acceptors (Lipinski definition) is 3. The molecule has 2 aliphatic heterocycles. The molecule has 2 atom stereocenters. The first-order valence-electron chi connectivity index (χ1n) is 7.84. The molecule has 2 bridgehead atoms.